The summed E-state index contributed by atoms with van der Waals surface area (Å²) in [5, 5.41) is 13.5. The van der Waals surface area contributed by atoms with Crippen LogP contribution in [-0.2, 0) is 9.84 Å². The second-order valence-electron chi connectivity index (χ2n) is 4.14. The van der Waals surface area contributed by atoms with E-state index in [1.54, 1.807) is 0 Å². The Morgan fingerprint density at radius 3 is 2.28 bits per heavy atom. The number of aliphatic hydroxyl groups is 1. The number of halogens is 3. The van der Waals surface area contributed by atoms with E-state index in [0.717, 1.165) is 0 Å². The predicted molar refractivity (Wildman–Crippen MR) is 73.5 cm³/mol. The maximum absolute atomic E-state index is 11.4. The highest BCUT2D eigenvalue weighted by Gasteiger charge is 2.36. The summed E-state index contributed by atoms with van der Waals surface area (Å²) in [7, 11) is -3.21. The first-order valence-corrected chi connectivity index (χ1v) is 8.03. The van der Waals surface area contributed by atoms with Crippen molar-refractivity contribution in [1.29, 1.82) is 0 Å². The van der Waals surface area contributed by atoms with E-state index >= 15 is 0 Å². The molecule has 0 amide bonds. The molecule has 1 aromatic rings. The highest BCUT2D eigenvalue weighted by Crippen LogP contribution is 2.33. The van der Waals surface area contributed by atoms with Crippen molar-refractivity contribution in [2.24, 2.45) is 0 Å². The van der Waals surface area contributed by atoms with Crippen LogP contribution in [0.5, 0.6) is 0 Å². The van der Waals surface area contributed by atoms with Gasteiger partial charge in [0.2, 0.25) is 0 Å². The van der Waals surface area contributed by atoms with Crippen LogP contribution in [0.25, 0.3) is 0 Å². The first-order valence-electron chi connectivity index (χ1n) is 5.08. The molecule has 0 unspecified atom stereocenters. The average Bonchev–Trinajstić information content (AvgIpc) is 2.48. The Labute approximate surface area is 120 Å². The second kappa shape index (κ2) is 5.06. The minimum absolute atomic E-state index is 0.134. The number of sulfone groups is 1. The number of nitrogens with one attached hydrogen (secondary N) is 1. The van der Waals surface area contributed by atoms with Crippen LogP contribution < -0.4 is 5.32 Å². The van der Waals surface area contributed by atoms with Crippen molar-refractivity contribution < 1.29 is 13.5 Å². The zero-order chi connectivity index (χ0) is 13.5. The van der Waals surface area contributed by atoms with Crippen LogP contribution in [0.3, 0.4) is 0 Å². The Kier molecular flexibility index (Phi) is 3.99. The van der Waals surface area contributed by atoms with E-state index in [1.807, 2.05) is 0 Å². The van der Waals surface area contributed by atoms with Gasteiger partial charge in [-0.05, 0) is 12.1 Å². The molecule has 2 rings (SSSR count). The fraction of sp³-hybridized carbons (Fsp3) is 0.400. The molecular weight excluding hydrogens is 321 g/mol. The zero-order valence-corrected chi connectivity index (χ0v) is 12.1. The van der Waals surface area contributed by atoms with Gasteiger partial charge in [0, 0.05) is 0 Å². The number of hydrogen-bond acceptors (Lipinski definition) is 4. The Balaban J connectivity index is 2.23. The number of benzene rings is 1. The predicted octanol–water partition coefficient (Wildman–Crippen LogP) is 2.22. The van der Waals surface area contributed by atoms with Crippen molar-refractivity contribution in [2.45, 2.75) is 12.1 Å². The minimum Gasteiger partial charge on any atom is -0.390 e. The highest BCUT2D eigenvalue weighted by molar-refractivity contribution is 7.91. The summed E-state index contributed by atoms with van der Waals surface area (Å²) in [5.41, 5.74) is 0.451. The van der Waals surface area contributed by atoms with Crippen LogP contribution in [0.2, 0.25) is 15.1 Å². The van der Waals surface area contributed by atoms with Crippen LogP contribution in [0.1, 0.15) is 0 Å². The normalized spacial score (nSPS) is 26.2. The van der Waals surface area contributed by atoms with E-state index in [4.69, 9.17) is 34.8 Å². The molecule has 1 aliphatic rings. The fourth-order valence-corrected chi connectivity index (χ4v) is 4.14. The maximum atomic E-state index is 11.4. The quantitative estimate of drug-likeness (QED) is 0.816. The molecule has 18 heavy (non-hydrogen) atoms. The summed E-state index contributed by atoms with van der Waals surface area (Å²) < 4.78 is 22.7. The molecule has 0 saturated carbocycles. The third-order valence-corrected chi connectivity index (χ3v) is 5.42. The molecule has 0 radical (unpaired) electrons. The van der Waals surface area contributed by atoms with E-state index in [0.29, 0.717) is 20.8 Å². The van der Waals surface area contributed by atoms with Gasteiger partial charge in [-0.2, -0.15) is 0 Å². The number of anilines is 1. The number of hydrogen-bond donors (Lipinski definition) is 2. The molecule has 0 aliphatic carbocycles. The molecule has 1 aromatic carbocycles. The monoisotopic (exact) mass is 329 g/mol. The minimum atomic E-state index is -3.21. The first-order chi connectivity index (χ1) is 8.28. The SMILES string of the molecule is O=S1(=O)C[C@@H](O)[C@H](Nc2cc(Cl)c(Cl)cc2Cl)C1. The molecule has 1 saturated heterocycles. The molecule has 100 valence electrons. The summed E-state index contributed by atoms with van der Waals surface area (Å²) in [6.45, 7) is 0. The Morgan fingerprint density at radius 1 is 1.11 bits per heavy atom. The number of rotatable bonds is 2. The topological polar surface area (TPSA) is 66.4 Å². The lowest BCUT2D eigenvalue weighted by atomic mass is 10.2. The van der Waals surface area contributed by atoms with E-state index in [1.165, 1.54) is 12.1 Å². The van der Waals surface area contributed by atoms with Crippen LogP contribution in [0.4, 0.5) is 5.69 Å². The van der Waals surface area contributed by atoms with Crippen LogP contribution in [0.15, 0.2) is 12.1 Å². The molecule has 2 atom stereocenters. The van der Waals surface area contributed by atoms with Gasteiger partial charge in [0.05, 0.1) is 44.4 Å². The number of aliphatic hydroxyl groups excluding tert-OH is 1. The van der Waals surface area contributed by atoms with Crippen molar-refractivity contribution in [2.75, 3.05) is 16.8 Å². The van der Waals surface area contributed by atoms with Crippen molar-refractivity contribution in [3.8, 4) is 0 Å². The summed E-state index contributed by atoms with van der Waals surface area (Å²) in [4.78, 5) is 0. The maximum Gasteiger partial charge on any atom is 0.155 e. The van der Waals surface area contributed by atoms with Gasteiger partial charge in [-0.15, -0.1) is 0 Å². The van der Waals surface area contributed by atoms with Crippen LogP contribution in [-0.4, -0.2) is 37.2 Å². The Hall–Kier alpha value is -0.200. The molecule has 4 nitrogen and oxygen atoms in total. The van der Waals surface area contributed by atoms with Crippen molar-refractivity contribution >= 4 is 50.3 Å². The van der Waals surface area contributed by atoms with Crippen molar-refractivity contribution in [3.63, 3.8) is 0 Å². The van der Waals surface area contributed by atoms with Gasteiger partial charge in [-0.25, -0.2) is 8.42 Å². The third kappa shape index (κ3) is 3.03. The largest absolute Gasteiger partial charge is 0.390 e. The molecule has 2 N–H and O–H groups in total. The lowest BCUT2D eigenvalue weighted by Gasteiger charge is -2.17. The van der Waals surface area contributed by atoms with Gasteiger partial charge in [0.15, 0.2) is 9.84 Å². The molecule has 1 aliphatic heterocycles. The van der Waals surface area contributed by atoms with Gasteiger partial charge in [-0.1, -0.05) is 34.8 Å². The van der Waals surface area contributed by atoms with E-state index < -0.39 is 22.0 Å². The molecule has 0 spiro atoms. The third-order valence-electron chi connectivity index (χ3n) is 2.67. The Bertz CT molecular complexity index is 576. The Morgan fingerprint density at radius 2 is 1.72 bits per heavy atom. The summed E-state index contributed by atoms with van der Waals surface area (Å²) in [6.07, 6.45) is -0.958. The smallest absolute Gasteiger partial charge is 0.155 e. The van der Waals surface area contributed by atoms with Gasteiger partial charge in [0.25, 0.3) is 0 Å². The van der Waals surface area contributed by atoms with Crippen molar-refractivity contribution in [1.82, 2.24) is 0 Å². The van der Waals surface area contributed by atoms with Gasteiger partial charge < -0.3 is 10.4 Å². The van der Waals surface area contributed by atoms with Gasteiger partial charge in [-0.3, -0.25) is 0 Å². The highest BCUT2D eigenvalue weighted by atomic mass is 35.5. The zero-order valence-electron chi connectivity index (χ0n) is 9.03. The van der Waals surface area contributed by atoms with E-state index in [2.05, 4.69) is 5.32 Å². The lowest BCUT2D eigenvalue weighted by molar-refractivity contribution is 0.190. The van der Waals surface area contributed by atoms with Crippen LogP contribution in [0, 0.1) is 0 Å². The van der Waals surface area contributed by atoms with Crippen molar-refractivity contribution in [3.05, 3.63) is 27.2 Å². The second-order valence-corrected chi connectivity index (χ2v) is 7.52. The van der Waals surface area contributed by atoms with E-state index in [-0.39, 0.29) is 11.5 Å². The summed E-state index contributed by atoms with van der Waals surface area (Å²) in [5.74, 6) is -0.381. The molecule has 1 heterocycles. The van der Waals surface area contributed by atoms with E-state index in [9.17, 15) is 13.5 Å². The molecular formula is C10H10Cl3NO3S. The van der Waals surface area contributed by atoms with Crippen LogP contribution >= 0.6 is 34.8 Å². The summed E-state index contributed by atoms with van der Waals surface area (Å²) in [6, 6.07) is 2.37. The molecule has 1 fully saturated rings. The standard InChI is InChI=1S/C10H10Cl3NO3S/c11-5-1-7(13)8(2-6(5)12)14-9-3-18(16,17)4-10(9)15/h1-2,9-10,14-15H,3-4H2/t9-,10-/m1/s1. The molecule has 0 bridgehead atoms. The average molecular weight is 331 g/mol. The first kappa shape index (κ1) is 14.2. The lowest BCUT2D eigenvalue weighted by Crippen LogP contribution is -2.31. The summed E-state index contributed by atoms with van der Waals surface area (Å²) >= 11 is 17.6. The van der Waals surface area contributed by atoms with Gasteiger partial charge in [0.1, 0.15) is 0 Å². The fourth-order valence-electron chi connectivity index (χ4n) is 1.80. The molecule has 8 heteroatoms. The molecule has 0 aromatic heterocycles. The van der Waals surface area contributed by atoms with Gasteiger partial charge >= 0.3 is 0 Å².